The number of para-hydroxylation sites is 2. The van der Waals surface area contributed by atoms with Gasteiger partial charge in [0.25, 0.3) is 0 Å². The van der Waals surface area contributed by atoms with Crippen molar-refractivity contribution in [1.29, 1.82) is 0 Å². The molecular formula is C15H12N4O2. The Labute approximate surface area is 120 Å². The summed E-state index contributed by atoms with van der Waals surface area (Å²) in [6.07, 6.45) is 3.02. The summed E-state index contributed by atoms with van der Waals surface area (Å²) in [7, 11) is 0. The van der Waals surface area contributed by atoms with Gasteiger partial charge in [-0.3, -0.25) is 10.4 Å². The minimum absolute atomic E-state index is 0.00185. The second-order valence-electron chi connectivity index (χ2n) is 4.36. The van der Waals surface area contributed by atoms with Crippen molar-refractivity contribution in [1.82, 2.24) is 9.97 Å². The molecule has 0 aliphatic carbocycles. The molecule has 0 aliphatic heterocycles. The van der Waals surface area contributed by atoms with Gasteiger partial charge in [-0.2, -0.15) is 5.10 Å². The SMILES string of the molecule is Oc1ccc(/C=N/Nc2cnc3ccccc3n2)c(O)c1. The molecular weight excluding hydrogens is 268 g/mol. The Balaban J connectivity index is 1.77. The summed E-state index contributed by atoms with van der Waals surface area (Å²) in [4.78, 5) is 8.61. The van der Waals surface area contributed by atoms with Crippen LogP contribution in [-0.2, 0) is 0 Å². The highest BCUT2D eigenvalue weighted by Crippen LogP contribution is 2.20. The van der Waals surface area contributed by atoms with Crippen LogP contribution >= 0.6 is 0 Å². The van der Waals surface area contributed by atoms with Crippen molar-refractivity contribution >= 4 is 23.1 Å². The number of hydrazone groups is 1. The summed E-state index contributed by atoms with van der Waals surface area (Å²) >= 11 is 0. The maximum atomic E-state index is 9.62. The highest BCUT2D eigenvalue weighted by Gasteiger charge is 2.00. The normalized spacial score (nSPS) is 11.0. The standard InChI is InChI=1S/C15H12N4O2/c20-11-6-5-10(14(21)7-11)8-17-19-15-9-16-12-3-1-2-4-13(12)18-15/h1-9,20-21H,(H,18,19)/b17-8+. The van der Waals surface area contributed by atoms with Gasteiger partial charge >= 0.3 is 0 Å². The molecule has 0 amide bonds. The van der Waals surface area contributed by atoms with E-state index in [-0.39, 0.29) is 11.5 Å². The van der Waals surface area contributed by atoms with E-state index in [1.165, 1.54) is 18.3 Å². The number of nitrogens with one attached hydrogen (secondary N) is 1. The lowest BCUT2D eigenvalue weighted by Gasteiger charge is -2.02. The van der Waals surface area contributed by atoms with Crippen molar-refractivity contribution in [3.8, 4) is 11.5 Å². The van der Waals surface area contributed by atoms with E-state index in [0.717, 1.165) is 11.0 Å². The molecule has 0 radical (unpaired) electrons. The summed E-state index contributed by atoms with van der Waals surface area (Å²) in [6.45, 7) is 0. The molecule has 0 saturated carbocycles. The molecule has 2 aromatic carbocycles. The van der Waals surface area contributed by atoms with Crippen molar-refractivity contribution in [3.05, 3.63) is 54.2 Å². The second kappa shape index (κ2) is 5.46. The summed E-state index contributed by atoms with van der Waals surface area (Å²) in [5.41, 5.74) is 4.81. The third-order valence-electron chi connectivity index (χ3n) is 2.85. The third kappa shape index (κ3) is 2.89. The van der Waals surface area contributed by atoms with Gasteiger partial charge in [0.05, 0.1) is 23.4 Å². The minimum Gasteiger partial charge on any atom is -0.508 e. The monoisotopic (exact) mass is 280 g/mol. The number of nitrogens with zero attached hydrogens (tertiary/aromatic N) is 3. The average Bonchev–Trinajstić information content (AvgIpc) is 2.49. The van der Waals surface area contributed by atoms with Crippen molar-refractivity contribution in [2.24, 2.45) is 5.10 Å². The zero-order valence-electron chi connectivity index (χ0n) is 10.9. The molecule has 3 N–H and O–H groups in total. The van der Waals surface area contributed by atoms with Crippen LogP contribution in [0.5, 0.6) is 11.5 Å². The molecule has 6 nitrogen and oxygen atoms in total. The Hall–Kier alpha value is -3.15. The molecule has 3 aromatic rings. The van der Waals surface area contributed by atoms with Gasteiger partial charge in [0.1, 0.15) is 11.5 Å². The number of hydrogen-bond donors (Lipinski definition) is 3. The third-order valence-corrected chi connectivity index (χ3v) is 2.85. The number of fused-ring (bicyclic) bond motifs is 1. The Morgan fingerprint density at radius 3 is 2.67 bits per heavy atom. The predicted octanol–water partition coefficient (Wildman–Crippen LogP) is 2.49. The van der Waals surface area contributed by atoms with Crippen LogP contribution in [0, 0.1) is 0 Å². The first-order valence-electron chi connectivity index (χ1n) is 6.25. The van der Waals surface area contributed by atoms with E-state index in [0.29, 0.717) is 11.4 Å². The zero-order valence-corrected chi connectivity index (χ0v) is 10.9. The highest BCUT2D eigenvalue weighted by molar-refractivity contribution is 5.84. The van der Waals surface area contributed by atoms with E-state index in [1.54, 1.807) is 12.3 Å². The van der Waals surface area contributed by atoms with Crippen LogP contribution in [0.3, 0.4) is 0 Å². The van der Waals surface area contributed by atoms with E-state index in [1.807, 2.05) is 24.3 Å². The van der Waals surface area contributed by atoms with Crippen LogP contribution in [0.1, 0.15) is 5.56 Å². The Bertz CT molecular complexity index is 818. The number of hydrogen-bond acceptors (Lipinski definition) is 6. The lowest BCUT2D eigenvalue weighted by atomic mass is 10.2. The van der Waals surface area contributed by atoms with Crippen LogP contribution < -0.4 is 5.43 Å². The van der Waals surface area contributed by atoms with Gasteiger partial charge in [-0.05, 0) is 24.3 Å². The Kier molecular flexibility index (Phi) is 3.34. The number of aromatic nitrogens is 2. The molecule has 6 heteroatoms. The molecule has 3 rings (SSSR count). The summed E-state index contributed by atoms with van der Waals surface area (Å²) in [5.74, 6) is 0.450. The fourth-order valence-corrected chi connectivity index (χ4v) is 1.82. The topological polar surface area (TPSA) is 90.6 Å². The molecule has 0 saturated heterocycles. The number of aromatic hydroxyl groups is 2. The van der Waals surface area contributed by atoms with E-state index in [4.69, 9.17) is 0 Å². The smallest absolute Gasteiger partial charge is 0.165 e. The fourth-order valence-electron chi connectivity index (χ4n) is 1.82. The van der Waals surface area contributed by atoms with Crippen molar-refractivity contribution < 1.29 is 10.2 Å². The molecule has 0 bridgehead atoms. The molecule has 0 aliphatic rings. The molecule has 0 unspecified atom stereocenters. The van der Waals surface area contributed by atoms with Crippen LogP contribution in [0.4, 0.5) is 5.82 Å². The lowest BCUT2D eigenvalue weighted by Crippen LogP contribution is -1.95. The van der Waals surface area contributed by atoms with Crippen molar-refractivity contribution in [3.63, 3.8) is 0 Å². The number of phenols is 2. The number of phenolic OH excluding ortho intramolecular Hbond substituents is 2. The van der Waals surface area contributed by atoms with Crippen molar-refractivity contribution in [2.45, 2.75) is 0 Å². The van der Waals surface area contributed by atoms with Crippen LogP contribution in [0.25, 0.3) is 11.0 Å². The maximum absolute atomic E-state index is 9.62. The first kappa shape index (κ1) is 12.9. The molecule has 0 spiro atoms. The molecule has 0 fully saturated rings. The summed E-state index contributed by atoms with van der Waals surface area (Å²) < 4.78 is 0. The summed E-state index contributed by atoms with van der Waals surface area (Å²) in [6, 6.07) is 11.8. The van der Waals surface area contributed by atoms with E-state index in [9.17, 15) is 10.2 Å². The van der Waals surface area contributed by atoms with Gasteiger partial charge in [-0.15, -0.1) is 0 Å². The van der Waals surface area contributed by atoms with E-state index < -0.39 is 0 Å². The first-order chi connectivity index (χ1) is 10.2. The van der Waals surface area contributed by atoms with Crippen LogP contribution in [0.2, 0.25) is 0 Å². The fraction of sp³-hybridized carbons (Fsp3) is 0. The van der Waals surface area contributed by atoms with Gasteiger partial charge in [-0.1, -0.05) is 12.1 Å². The molecule has 0 atom stereocenters. The maximum Gasteiger partial charge on any atom is 0.165 e. The lowest BCUT2D eigenvalue weighted by molar-refractivity contribution is 0.450. The van der Waals surface area contributed by atoms with E-state index >= 15 is 0 Å². The minimum atomic E-state index is -0.0508. The highest BCUT2D eigenvalue weighted by atomic mass is 16.3. The molecule has 104 valence electrons. The van der Waals surface area contributed by atoms with Crippen molar-refractivity contribution in [2.75, 3.05) is 5.43 Å². The predicted molar refractivity (Wildman–Crippen MR) is 80.5 cm³/mol. The Morgan fingerprint density at radius 1 is 1.05 bits per heavy atom. The number of anilines is 1. The summed E-state index contributed by atoms with van der Waals surface area (Å²) in [5, 5.41) is 22.8. The van der Waals surface area contributed by atoms with Crippen LogP contribution in [-0.4, -0.2) is 26.4 Å². The van der Waals surface area contributed by atoms with Gasteiger partial charge in [0.15, 0.2) is 5.82 Å². The number of rotatable bonds is 3. The molecule has 21 heavy (non-hydrogen) atoms. The van der Waals surface area contributed by atoms with Gasteiger partial charge in [0, 0.05) is 11.6 Å². The molecule has 1 heterocycles. The second-order valence-corrected chi connectivity index (χ2v) is 4.36. The quantitative estimate of drug-likeness (QED) is 0.506. The first-order valence-corrected chi connectivity index (χ1v) is 6.25. The average molecular weight is 280 g/mol. The van der Waals surface area contributed by atoms with Gasteiger partial charge in [-0.25, -0.2) is 4.98 Å². The van der Waals surface area contributed by atoms with E-state index in [2.05, 4.69) is 20.5 Å². The Morgan fingerprint density at radius 2 is 1.86 bits per heavy atom. The van der Waals surface area contributed by atoms with Gasteiger partial charge < -0.3 is 10.2 Å². The molecule has 1 aromatic heterocycles. The largest absolute Gasteiger partial charge is 0.508 e. The van der Waals surface area contributed by atoms with Crippen LogP contribution in [0.15, 0.2) is 53.8 Å². The number of benzene rings is 2. The zero-order chi connectivity index (χ0) is 14.7. The van der Waals surface area contributed by atoms with Gasteiger partial charge in [0.2, 0.25) is 0 Å².